The van der Waals surface area contributed by atoms with Crippen LogP contribution in [0.4, 0.5) is 0 Å². The number of hydrogen-bond acceptors (Lipinski definition) is 3. The van der Waals surface area contributed by atoms with Gasteiger partial charge in [0.15, 0.2) is 0 Å². The smallest absolute Gasteiger partial charge is 0.253 e. The van der Waals surface area contributed by atoms with E-state index in [4.69, 9.17) is 10.5 Å². The Morgan fingerprint density at radius 3 is 2.75 bits per heavy atom. The number of carbonyl (C=O) groups excluding carboxylic acids is 1. The van der Waals surface area contributed by atoms with Gasteiger partial charge in [0.1, 0.15) is 0 Å². The molecule has 1 heterocycles. The molecule has 0 unspecified atom stereocenters. The van der Waals surface area contributed by atoms with Gasteiger partial charge in [-0.25, -0.2) is 0 Å². The van der Waals surface area contributed by atoms with E-state index in [1.807, 2.05) is 36.2 Å². The highest BCUT2D eigenvalue weighted by molar-refractivity contribution is 5.95. The molecular formula is C16H24N2O2. The summed E-state index contributed by atoms with van der Waals surface area (Å²) < 4.78 is 5.36. The first kappa shape index (κ1) is 15.0. The van der Waals surface area contributed by atoms with Crippen LogP contribution in [0.1, 0.15) is 28.8 Å². The summed E-state index contributed by atoms with van der Waals surface area (Å²) >= 11 is 0. The highest BCUT2D eigenvalue weighted by Gasteiger charge is 2.20. The van der Waals surface area contributed by atoms with Crippen LogP contribution in [0.25, 0.3) is 0 Å². The molecule has 1 saturated heterocycles. The summed E-state index contributed by atoms with van der Waals surface area (Å²) in [6, 6.07) is 7.76. The third-order valence-electron chi connectivity index (χ3n) is 3.88. The van der Waals surface area contributed by atoms with E-state index in [1.165, 1.54) is 0 Å². The van der Waals surface area contributed by atoms with Crippen LogP contribution in [-0.4, -0.2) is 44.2 Å². The fourth-order valence-electron chi connectivity index (χ4n) is 2.71. The van der Waals surface area contributed by atoms with Crippen LogP contribution >= 0.6 is 0 Å². The topological polar surface area (TPSA) is 55.6 Å². The second kappa shape index (κ2) is 7.41. The summed E-state index contributed by atoms with van der Waals surface area (Å²) in [5.74, 6) is 0.653. The zero-order valence-corrected chi connectivity index (χ0v) is 12.2. The van der Waals surface area contributed by atoms with Crippen molar-refractivity contribution in [3.63, 3.8) is 0 Å². The number of benzene rings is 1. The van der Waals surface area contributed by atoms with Gasteiger partial charge in [-0.1, -0.05) is 18.2 Å². The number of amides is 1. The number of hydrogen-bond donors (Lipinski definition) is 1. The van der Waals surface area contributed by atoms with E-state index in [1.54, 1.807) is 0 Å². The van der Waals surface area contributed by atoms with E-state index in [0.29, 0.717) is 12.5 Å². The minimum atomic E-state index is 0.0977. The Labute approximate surface area is 120 Å². The summed E-state index contributed by atoms with van der Waals surface area (Å²) in [5.41, 5.74) is 7.44. The van der Waals surface area contributed by atoms with Crippen LogP contribution in [0.3, 0.4) is 0 Å². The lowest BCUT2D eigenvalue weighted by atomic mass is 9.98. The Hall–Kier alpha value is -1.39. The SMILES string of the molecule is CN(CC1CCOCC1)C(=O)c1ccccc1CCN. The molecule has 0 atom stereocenters. The molecule has 0 aromatic heterocycles. The van der Waals surface area contributed by atoms with Gasteiger partial charge in [0.05, 0.1) is 0 Å². The predicted molar refractivity (Wildman–Crippen MR) is 79.7 cm³/mol. The van der Waals surface area contributed by atoms with Crippen LogP contribution in [0, 0.1) is 5.92 Å². The van der Waals surface area contributed by atoms with Gasteiger partial charge in [-0.05, 0) is 43.4 Å². The molecule has 110 valence electrons. The number of carbonyl (C=O) groups is 1. The molecule has 1 aliphatic heterocycles. The minimum Gasteiger partial charge on any atom is -0.381 e. The Bertz CT molecular complexity index is 442. The van der Waals surface area contributed by atoms with Gasteiger partial charge in [0, 0.05) is 32.4 Å². The summed E-state index contributed by atoms with van der Waals surface area (Å²) in [6.07, 6.45) is 2.83. The van der Waals surface area contributed by atoms with Gasteiger partial charge in [-0.3, -0.25) is 4.79 Å². The highest BCUT2D eigenvalue weighted by atomic mass is 16.5. The van der Waals surface area contributed by atoms with Crippen molar-refractivity contribution < 1.29 is 9.53 Å². The third-order valence-corrected chi connectivity index (χ3v) is 3.88. The molecule has 0 radical (unpaired) electrons. The van der Waals surface area contributed by atoms with Crippen molar-refractivity contribution in [3.05, 3.63) is 35.4 Å². The molecule has 2 rings (SSSR count). The summed E-state index contributed by atoms with van der Waals surface area (Å²) in [4.78, 5) is 14.4. The van der Waals surface area contributed by atoms with Gasteiger partial charge in [-0.15, -0.1) is 0 Å². The van der Waals surface area contributed by atoms with Crippen LogP contribution in [0.2, 0.25) is 0 Å². The van der Waals surface area contributed by atoms with Gasteiger partial charge in [0.2, 0.25) is 0 Å². The maximum Gasteiger partial charge on any atom is 0.253 e. The molecule has 20 heavy (non-hydrogen) atoms. The molecule has 0 spiro atoms. The highest BCUT2D eigenvalue weighted by Crippen LogP contribution is 2.18. The molecule has 1 aromatic rings. The number of ether oxygens (including phenoxy) is 1. The predicted octanol–water partition coefficient (Wildman–Crippen LogP) is 1.69. The van der Waals surface area contributed by atoms with Crippen molar-refractivity contribution in [1.82, 2.24) is 4.90 Å². The zero-order valence-electron chi connectivity index (χ0n) is 12.2. The lowest BCUT2D eigenvalue weighted by Gasteiger charge is -2.27. The van der Waals surface area contributed by atoms with Crippen molar-refractivity contribution in [3.8, 4) is 0 Å². The van der Waals surface area contributed by atoms with Crippen molar-refractivity contribution in [2.45, 2.75) is 19.3 Å². The first-order valence-electron chi connectivity index (χ1n) is 7.33. The average Bonchev–Trinajstić information content (AvgIpc) is 2.48. The first-order valence-corrected chi connectivity index (χ1v) is 7.33. The fourth-order valence-corrected chi connectivity index (χ4v) is 2.71. The summed E-state index contributed by atoms with van der Waals surface area (Å²) in [5, 5.41) is 0. The van der Waals surface area contributed by atoms with E-state index < -0.39 is 0 Å². The maximum atomic E-state index is 12.6. The largest absolute Gasteiger partial charge is 0.381 e. The van der Waals surface area contributed by atoms with Gasteiger partial charge in [0.25, 0.3) is 5.91 Å². The van der Waals surface area contributed by atoms with E-state index in [0.717, 1.165) is 50.1 Å². The Kier molecular flexibility index (Phi) is 5.56. The number of nitrogens with zero attached hydrogens (tertiary/aromatic N) is 1. The monoisotopic (exact) mass is 276 g/mol. The molecule has 0 saturated carbocycles. The van der Waals surface area contributed by atoms with Gasteiger partial charge in [-0.2, -0.15) is 0 Å². The van der Waals surface area contributed by atoms with E-state index in [-0.39, 0.29) is 5.91 Å². The van der Waals surface area contributed by atoms with Crippen molar-refractivity contribution in [1.29, 1.82) is 0 Å². The van der Waals surface area contributed by atoms with Crippen molar-refractivity contribution in [2.24, 2.45) is 11.7 Å². The standard InChI is InChI=1S/C16H24N2O2/c1-18(12-13-7-10-20-11-8-13)16(19)15-5-3-2-4-14(15)6-9-17/h2-5,13H,6-12,17H2,1H3. The van der Waals surface area contributed by atoms with Crippen molar-refractivity contribution in [2.75, 3.05) is 33.4 Å². The molecule has 0 bridgehead atoms. The molecular weight excluding hydrogens is 252 g/mol. The van der Waals surface area contributed by atoms with Crippen LogP contribution < -0.4 is 5.73 Å². The summed E-state index contributed by atoms with van der Waals surface area (Å²) in [6.45, 7) is 3.00. The van der Waals surface area contributed by atoms with Crippen molar-refractivity contribution >= 4 is 5.91 Å². The molecule has 4 heteroatoms. The minimum absolute atomic E-state index is 0.0977. The molecule has 1 fully saturated rings. The summed E-state index contributed by atoms with van der Waals surface area (Å²) in [7, 11) is 1.89. The van der Waals surface area contributed by atoms with E-state index in [9.17, 15) is 4.79 Å². The van der Waals surface area contributed by atoms with E-state index >= 15 is 0 Å². The lowest BCUT2D eigenvalue weighted by Crippen LogP contribution is -2.34. The lowest BCUT2D eigenvalue weighted by molar-refractivity contribution is 0.0497. The molecule has 0 aliphatic carbocycles. The van der Waals surface area contributed by atoms with Crippen LogP contribution in [-0.2, 0) is 11.2 Å². The normalized spacial score (nSPS) is 16.1. The third kappa shape index (κ3) is 3.81. The Balaban J connectivity index is 2.02. The molecule has 1 amide bonds. The Morgan fingerprint density at radius 2 is 2.05 bits per heavy atom. The molecule has 1 aromatic carbocycles. The van der Waals surface area contributed by atoms with Crippen LogP contribution in [0.5, 0.6) is 0 Å². The number of nitrogens with two attached hydrogens (primary N) is 1. The second-order valence-electron chi connectivity index (χ2n) is 5.44. The maximum absolute atomic E-state index is 12.6. The molecule has 1 aliphatic rings. The second-order valence-corrected chi connectivity index (χ2v) is 5.44. The van der Waals surface area contributed by atoms with Gasteiger partial charge >= 0.3 is 0 Å². The zero-order chi connectivity index (χ0) is 14.4. The quantitative estimate of drug-likeness (QED) is 0.890. The fraction of sp³-hybridized carbons (Fsp3) is 0.562. The average molecular weight is 276 g/mol. The van der Waals surface area contributed by atoms with Gasteiger partial charge < -0.3 is 15.4 Å². The Morgan fingerprint density at radius 1 is 1.35 bits per heavy atom. The van der Waals surface area contributed by atoms with Crippen LogP contribution in [0.15, 0.2) is 24.3 Å². The van der Waals surface area contributed by atoms with E-state index in [2.05, 4.69) is 0 Å². The molecule has 4 nitrogen and oxygen atoms in total. The molecule has 2 N–H and O–H groups in total. The first-order chi connectivity index (χ1) is 9.72. The number of rotatable bonds is 5.